The lowest BCUT2D eigenvalue weighted by atomic mass is 10.1. The Labute approximate surface area is 96.4 Å². The van der Waals surface area contributed by atoms with Gasteiger partial charge in [0.1, 0.15) is 11.9 Å². The number of hydrogen-bond donors (Lipinski definition) is 1. The Morgan fingerprint density at radius 2 is 2.25 bits per heavy atom. The molecule has 0 unspecified atom stereocenters. The highest BCUT2D eigenvalue weighted by Crippen LogP contribution is 2.20. The van der Waals surface area contributed by atoms with E-state index in [1.807, 2.05) is 12.1 Å². The van der Waals surface area contributed by atoms with Gasteiger partial charge in [-0.05, 0) is 32.0 Å². The Kier molecular flexibility index (Phi) is 3.74. The second-order valence-electron chi connectivity index (χ2n) is 4.27. The first-order valence-corrected chi connectivity index (χ1v) is 5.78. The third-order valence-corrected chi connectivity index (χ3v) is 3.00. The summed E-state index contributed by atoms with van der Waals surface area (Å²) in [6, 6.07) is 3.84. The van der Waals surface area contributed by atoms with Crippen LogP contribution >= 0.6 is 0 Å². The maximum absolute atomic E-state index is 5.96. The van der Waals surface area contributed by atoms with E-state index in [4.69, 9.17) is 10.5 Å². The van der Waals surface area contributed by atoms with Gasteiger partial charge < -0.3 is 15.4 Å². The number of likely N-dealkylation sites (tertiary alicyclic amines) is 1. The van der Waals surface area contributed by atoms with Crippen LogP contribution in [0.4, 0.5) is 0 Å². The summed E-state index contributed by atoms with van der Waals surface area (Å²) in [5, 5.41) is 0. The smallest absolute Gasteiger partial charge is 0.142 e. The predicted octanol–water partition coefficient (Wildman–Crippen LogP) is 1.01. The molecule has 0 amide bonds. The zero-order valence-corrected chi connectivity index (χ0v) is 9.72. The van der Waals surface area contributed by atoms with Gasteiger partial charge in [0.15, 0.2) is 0 Å². The lowest BCUT2D eigenvalue weighted by Crippen LogP contribution is -2.35. The normalized spacial score (nSPS) is 18.6. The second-order valence-corrected chi connectivity index (χ2v) is 4.27. The van der Waals surface area contributed by atoms with Crippen LogP contribution in [-0.2, 0) is 6.54 Å². The molecule has 0 saturated carbocycles. The first kappa shape index (κ1) is 11.4. The largest absolute Gasteiger partial charge is 0.488 e. The fourth-order valence-corrected chi connectivity index (χ4v) is 1.97. The third kappa shape index (κ3) is 2.71. The van der Waals surface area contributed by atoms with E-state index in [1.165, 1.54) is 0 Å². The molecule has 2 N–H and O–H groups in total. The molecular weight excluding hydrogens is 202 g/mol. The van der Waals surface area contributed by atoms with Crippen LogP contribution in [0.5, 0.6) is 5.75 Å². The van der Waals surface area contributed by atoms with E-state index in [0.29, 0.717) is 12.6 Å². The van der Waals surface area contributed by atoms with Crippen molar-refractivity contribution >= 4 is 0 Å². The van der Waals surface area contributed by atoms with Gasteiger partial charge in [0.05, 0.1) is 5.69 Å². The Balaban J connectivity index is 1.98. The number of piperidine rings is 1. The molecule has 4 nitrogen and oxygen atoms in total. The summed E-state index contributed by atoms with van der Waals surface area (Å²) in [7, 11) is 2.14. The lowest BCUT2D eigenvalue weighted by Gasteiger charge is -2.29. The van der Waals surface area contributed by atoms with Crippen LogP contribution < -0.4 is 10.5 Å². The van der Waals surface area contributed by atoms with E-state index in [9.17, 15) is 0 Å². The number of hydrogen-bond acceptors (Lipinski definition) is 4. The van der Waals surface area contributed by atoms with Gasteiger partial charge >= 0.3 is 0 Å². The topological polar surface area (TPSA) is 51.4 Å². The molecule has 0 bridgehead atoms. The molecule has 1 aliphatic heterocycles. The summed E-state index contributed by atoms with van der Waals surface area (Å²) in [4.78, 5) is 6.54. The Morgan fingerprint density at radius 1 is 1.50 bits per heavy atom. The molecule has 1 aliphatic rings. The highest BCUT2D eigenvalue weighted by atomic mass is 16.5. The summed E-state index contributed by atoms with van der Waals surface area (Å²) in [5.41, 5.74) is 6.48. The van der Waals surface area contributed by atoms with Crippen LogP contribution in [0.15, 0.2) is 18.3 Å². The minimum atomic E-state index is 0.311. The summed E-state index contributed by atoms with van der Waals surface area (Å²) >= 11 is 0. The van der Waals surface area contributed by atoms with Crippen molar-refractivity contribution in [2.24, 2.45) is 5.73 Å². The first-order valence-electron chi connectivity index (χ1n) is 5.78. The summed E-state index contributed by atoms with van der Waals surface area (Å²) in [6.45, 7) is 2.63. The van der Waals surface area contributed by atoms with Gasteiger partial charge in [-0.2, -0.15) is 0 Å². The molecular formula is C12H19N3O. The van der Waals surface area contributed by atoms with Crippen molar-refractivity contribution in [2.75, 3.05) is 20.1 Å². The maximum atomic E-state index is 5.96. The second kappa shape index (κ2) is 5.27. The van der Waals surface area contributed by atoms with Crippen molar-refractivity contribution in [1.82, 2.24) is 9.88 Å². The number of nitrogens with two attached hydrogens (primary N) is 1. The average Bonchev–Trinajstić information content (AvgIpc) is 2.33. The van der Waals surface area contributed by atoms with Gasteiger partial charge in [0.2, 0.25) is 0 Å². The van der Waals surface area contributed by atoms with Crippen LogP contribution in [0, 0.1) is 0 Å². The van der Waals surface area contributed by atoms with Gasteiger partial charge in [0, 0.05) is 25.8 Å². The van der Waals surface area contributed by atoms with Gasteiger partial charge in [-0.25, -0.2) is 0 Å². The van der Waals surface area contributed by atoms with Crippen LogP contribution in [0.25, 0.3) is 0 Å². The van der Waals surface area contributed by atoms with Crippen LogP contribution in [0.2, 0.25) is 0 Å². The van der Waals surface area contributed by atoms with Gasteiger partial charge in [-0.1, -0.05) is 0 Å². The van der Waals surface area contributed by atoms with Crippen molar-refractivity contribution in [3.05, 3.63) is 24.0 Å². The van der Waals surface area contributed by atoms with E-state index < -0.39 is 0 Å². The fraction of sp³-hybridized carbons (Fsp3) is 0.583. The number of nitrogens with zero attached hydrogens (tertiary/aromatic N) is 2. The van der Waals surface area contributed by atoms with Crippen molar-refractivity contribution in [1.29, 1.82) is 0 Å². The number of ether oxygens (including phenoxy) is 1. The molecule has 1 aromatic rings. The van der Waals surface area contributed by atoms with E-state index in [2.05, 4.69) is 16.9 Å². The Morgan fingerprint density at radius 3 is 2.94 bits per heavy atom. The SMILES string of the molecule is CN1CCC(Oc2cccnc2CN)CC1. The Hall–Kier alpha value is -1.13. The average molecular weight is 221 g/mol. The first-order chi connectivity index (χ1) is 7.79. The van der Waals surface area contributed by atoms with Gasteiger partial charge in [-0.3, -0.25) is 4.98 Å². The van der Waals surface area contributed by atoms with Crippen molar-refractivity contribution in [3.8, 4) is 5.75 Å². The maximum Gasteiger partial charge on any atom is 0.142 e. The molecule has 1 fully saturated rings. The molecule has 0 aliphatic carbocycles. The van der Waals surface area contributed by atoms with E-state index in [1.54, 1.807) is 6.20 Å². The highest BCUT2D eigenvalue weighted by Gasteiger charge is 2.18. The quantitative estimate of drug-likeness (QED) is 0.827. The highest BCUT2D eigenvalue weighted by molar-refractivity contribution is 5.26. The predicted molar refractivity (Wildman–Crippen MR) is 63.3 cm³/mol. The van der Waals surface area contributed by atoms with E-state index in [-0.39, 0.29) is 0 Å². The minimum Gasteiger partial charge on any atom is -0.488 e. The fourth-order valence-electron chi connectivity index (χ4n) is 1.97. The Bertz CT molecular complexity index is 335. The summed E-state index contributed by atoms with van der Waals surface area (Å²) in [5.74, 6) is 0.847. The van der Waals surface area contributed by atoms with Gasteiger partial charge in [0.25, 0.3) is 0 Å². The van der Waals surface area contributed by atoms with E-state index >= 15 is 0 Å². The van der Waals surface area contributed by atoms with Crippen molar-refractivity contribution in [2.45, 2.75) is 25.5 Å². The lowest BCUT2D eigenvalue weighted by molar-refractivity contribution is 0.113. The molecule has 0 spiro atoms. The summed E-state index contributed by atoms with van der Waals surface area (Å²) < 4.78 is 5.96. The zero-order chi connectivity index (χ0) is 11.4. The standard InChI is InChI=1S/C12H19N3O/c1-15-7-4-10(5-8-15)16-12-3-2-6-14-11(12)9-13/h2-3,6,10H,4-5,7-9,13H2,1H3. The molecule has 1 saturated heterocycles. The van der Waals surface area contributed by atoms with E-state index in [0.717, 1.165) is 37.4 Å². The molecule has 2 rings (SSSR count). The molecule has 16 heavy (non-hydrogen) atoms. The molecule has 0 radical (unpaired) electrons. The molecule has 0 atom stereocenters. The monoisotopic (exact) mass is 221 g/mol. The number of rotatable bonds is 3. The molecule has 1 aromatic heterocycles. The molecule has 2 heterocycles. The molecule has 4 heteroatoms. The van der Waals surface area contributed by atoms with Crippen molar-refractivity contribution < 1.29 is 4.74 Å². The minimum absolute atomic E-state index is 0.311. The zero-order valence-electron chi connectivity index (χ0n) is 9.72. The number of aromatic nitrogens is 1. The third-order valence-electron chi connectivity index (χ3n) is 3.00. The molecule has 88 valence electrons. The van der Waals surface area contributed by atoms with Crippen LogP contribution in [0.3, 0.4) is 0 Å². The summed E-state index contributed by atoms with van der Waals surface area (Å²) in [6.07, 6.45) is 4.22. The van der Waals surface area contributed by atoms with Gasteiger partial charge in [-0.15, -0.1) is 0 Å². The van der Waals surface area contributed by atoms with Crippen LogP contribution in [0.1, 0.15) is 18.5 Å². The number of pyridine rings is 1. The van der Waals surface area contributed by atoms with Crippen molar-refractivity contribution in [3.63, 3.8) is 0 Å². The van der Waals surface area contributed by atoms with Crippen LogP contribution in [-0.4, -0.2) is 36.1 Å². The molecule has 0 aromatic carbocycles.